The number of hydrogen-bond donors (Lipinski definition) is 1. The van der Waals surface area contributed by atoms with Crippen LogP contribution in [0.1, 0.15) is 35.2 Å². The minimum Gasteiger partial charge on any atom is -0.306 e. The molecule has 21 heavy (non-hydrogen) atoms. The summed E-state index contributed by atoms with van der Waals surface area (Å²) < 4.78 is 27.3. The lowest BCUT2D eigenvalue weighted by molar-refractivity contribution is 0.539. The highest BCUT2D eigenvalue weighted by molar-refractivity contribution is 5.33. The molecule has 1 unspecified atom stereocenters. The fraction of sp³-hybridized carbons (Fsp3) is 0.235. The van der Waals surface area contributed by atoms with Crippen LogP contribution in [0.5, 0.6) is 0 Å². The molecule has 0 aliphatic rings. The first-order valence-corrected chi connectivity index (χ1v) is 6.69. The lowest BCUT2D eigenvalue weighted by Gasteiger charge is -2.15. The molecule has 0 amide bonds. The van der Waals surface area contributed by atoms with E-state index in [1.807, 2.05) is 19.1 Å². The summed E-state index contributed by atoms with van der Waals surface area (Å²) in [6.07, 6.45) is 0. The van der Waals surface area contributed by atoms with Crippen LogP contribution >= 0.6 is 0 Å². The van der Waals surface area contributed by atoms with E-state index in [9.17, 15) is 8.78 Å². The molecule has 0 aliphatic carbocycles. The minimum atomic E-state index is -0.413. The van der Waals surface area contributed by atoms with Crippen LogP contribution in [0.3, 0.4) is 0 Å². The number of nitrogens with zero attached hydrogens (tertiary/aromatic N) is 1. The van der Waals surface area contributed by atoms with Gasteiger partial charge in [-0.25, -0.2) is 8.78 Å². The van der Waals surface area contributed by atoms with Crippen LogP contribution in [0.2, 0.25) is 0 Å². The molecule has 1 atom stereocenters. The van der Waals surface area contributed by atoms with Gasteiger partial charge in [0.1, 0.15) is 11.6 Å². The van der Waals surface area contributed by atoms with Crippen molar-refractivity contribution in [1.29, 1.82) is 5.26 Å². The summed E-state index contributed by atoms with van der Waals surface area (Å²) in [5.74, 6) is -0.658. The van der Waals surface area contributed by atoms with E-state index in [1.54, 1.807) is 25.1 Å². The van der Waals surface area contributed by atoms with Gasteiger partial charge in [-0.1, -0.05) is 18.2 Å². The van der Waals surface area contributed by atoms with Crippen molar-refractivity contribution >= 4 is 0 Å². The van der Waals surface area contributed by atoms with E-state index in [4.69, 9.17) is 5.26 Å². The van der Waals surface area contributed by atoms with Gasteiger partial charge in [-0.2, -0.15) is 5.26 Å². The van der Waals surface area contributed by atoms with Crippen LogP contribution in [0, 0.1) is 29.9 Å². The van der Waals surface area contributed by atoms with Crippen LogP contribution in [0.15, 0.2) is 36.4 Å². The molecule has 0 aliphatic heterocycles. The van der Waals surface area contributed by atoms with Crippen LogP contribution in [-0.4, -0.2) is 0 Å². The quantitative estimate of drug-likeness (QED) is 0.922. The topological polar surface area (TPSA) is 35.8 Å². The third kappa shape index (κ3) is 3.65. The maximum Gasteiger partial charge on any atom is 0.129 e. The summed E-state index contributed by atoms with van der Waals surface area (Å²) in [6, 6.07) is 11.2. The first kappa shape index (κ1) is 15.1. The molecule has 2 aromatic carbocycles. The van der Waals surface area contributed by atoms with Crippen molar-refractivity contribution in [2.75, 3.05) is 0 Å². The summed E-state index contributed by atoms with van der Waals surface area (Å²) in [5.41, 5.74) is 2.19. The third-order valence-corrected chi connectivity index (χ3v) is 3.48. The number of aryl methyl sites for hydroxylation is 1. The second-order valence-corrected chi connectivity index (χ2v) is 5.03. The zero-order valence-corrected chi connectivity index (χ0v) is 12.0. The Bertz CT molecular complexity index is 690. The highest BCUT2D eigenvalue weighted by Gasteiger charge is 2.09. The van der Waals surface area contributed by atoms with Gasteiger partial charge in [-0.3, -0.25) is 0 Å². The Morgan fingerprint density at radius 1 is 1.14 bits per heavy atom. The number of nitriles is 1. The second-order valence-electron chi connectivity index (χ2n) is 5.03. The van der Waals surface area contributed by atoms with Gasteiger partial charge in [-0.15, -0.1) is 0 Å². The molecule has 108 valence electrons. The number of benzene rings is 2. The molecular weight excluding hydrogens is 270 g/mol. The lowest BCUT2D eigenvalue weighted by Crippen LogP contribution is -2.19. The number of nitrogens with one attached hydrogen (secondary N) is 1. The SMILES string of the molecule is Cc1ccc(C(C)NCc2ccc(C#N)cc2F)cc1F. The molecule has 0 saturated carbocycles. The number of rotatable bonds is 4. The van der Waals surface area contributed by atoms with E-state index >= 15 is 0 Å². The molecule has 0 spiro atoms. The fourth-order valence-corrected chi connectivity index (χ4v) is 2.02. The van der Waals surface area contributed by atoms with Gasteiger partial charge < -0.3 is 5.32 Å². The van der Waals surface area contributed by atoms with Crippen LogP contribution < -0.4 is 5.32 Å². The zero-order valence-electron chi connectivity index (χ0n) is 12.0. The Morgan fingerprint density at radius 3 is 2.52 bits per heavy atom. The number of halogens is 2. The fourth-order valence-electron chi connectivity index (χ4n) is 2.02. The van der Waals surface area contributed by atoms with Crippen LogP contribution in [-0.2, 0) is 6.54 Å². The van der Waals surface area contributed by atoms with Crippen molar-refractivity contribution in [3.63, 3.8) is 0 Å². The molecule has 4 heteroatoms. The maximum atomic E-state index is 13.8. The summed E-state index contributed by atoms with van der Waals surface area (Å²) >= 11 is 0. The Kier molecular flexibility index (Phi) is 4.66. The Labute approximate surface area is 123 Å². The summed E-state index contributed by atoms with van der Waals surface area (Å²) in [5, 5.41) is 11.9. The molecule has 1 N–H and O–H groups in total. The molecule has 0 fully saturated rings. The van der Waals surface area contributed by atoms with E-state index in [2.05, 4.69) is 5.32 Å². The molecule has 0 aromatic heterocycles. The van der Waals surface area contributed by atoms with E-state index < -0.39 is 5.82 Å². The molecule has 0 radical (unpaired) electrons. The minimum absolute atomic E-state index is 0.102. The van der Waals surface area contributed by atoms with Crippen molar-refractivity contribution in [3.8, 4) is 6.07 Å². The Hall–Kier alpha value is -2.25. The van der Waals surface area contributed by atoms with Gasteiger partial charge in [0.2, 0.25) is 0 Å². The van der Waals surface area contributed by atoms with Gasteiger partial charge in [0.25, 0.3) is 0 Å². The number of hydrogen-bond acceptors (Lipinski definition) is 2. The van der Waals surface area contributed by atoms with E-state index in [-0.39, 0.29) is 11.9 Å². The third-order valence-electron chi connectivity index (χ3n) is 3.48. The van der Waals surface area contributed by atoms with Crippen molar-refractivity contribution in [2.24, 2.45) is 0 Å². The predicted molar refractivity (Wildman–Crippen MR) is 77.5 cm³/mol. The maximum absolute atomic E-state index is 13.8. The highest BCUT2D eigenvalue weighted by atomic mass is 19.1. The van der Waals surface area contributed by atoms with Gasteiger partial charge in [-0.05, 0) is 43.2 Å². The van der Waals surface area contributed by atoms with Gasteiger partial charge in [0.05, 0.1) is 11.6 Å². The summed E-state index contributed by atoms with van der Waals surface area (Å²) in [7, 11) is 0. The van der Waals surface area contributed by atoms with Crippen LogP contribution in [0.4, 0.5) is 8.78 Å². The highest BCUT2D eigenvalue weighted by Crippen LogP contribution is 2.17. The van der Waals surface area contributed by atoms with Gasteiger partial charge in [0.15, 0.2) is 0 Å². The lowest BCUT2D eigenvalue weighted by atomic mass is 10.1. The standard InChI is InChI=1S/C17H16F2N2/c1-11-3-5-14(8-16(11)18)12(2)21-10-15-6-4-13(9-20)7-17(15)19/h3-8,12,21H,10H2,1-2H3. The summed E-state index contributed by atoms with van der Waals surface area (Å²) in [6.45, 7) is 3.92. The first-order chi connectivity index (χ1) is 10.0. The molecule has 2 rings (SSSR count). The molecular formula is C17H16F2N2. The molecule has 0 bridgehead atoms. The van der Waals surface area contributed by atoms with Gasteiger partial charge in [0, 0.05) is 18.2 Å². The van der Waals surface area contributed by atoms with E-state index in [0.29, 0.717) is 23.2 Å². The first-order valence-electron chi connectivity index (χ1n) is 6.69. The average molecular weight is 286 g/mol. The predicted octanol–water partition coefficient (Wildman–Crippen LogP) is 4.00. The smallest absolute Gasteiger partial charge is 0.129 e. The Balaban J connectivity index is 2.05. The normalized spacial score (nSPS) is 12.0. The van der Waals surface area contributed by atoms with Crippen molar-refractivity contribution in [2.45, 2.75) is 26.4 Å². The van der Waals surface area contributed by atoms with Crippen molar-refractivity contribution < 1.29 is 8.78 Å². The van der Waals surface area contributed by atoms with Gasteiger partial charge >= 0.3 is 0 Å². The molecule has 0 heterocycles. The molecule has 2 aromatic rings. The average Bonchev–Trinajstić information content (AvgIpc) is 2.48. The largest absolute Gasteiger partial charge is 0.306 e. The molecule has 0 saturated heterocycles. The van der Waals surface area contributed by atoms with Crippen molar-refractivity contribution in [1.82, 2.24) is 5.32 Å². The zero-order chi connectivity index (χ0) is 15.4. The van der Waals surface area contributed by atoms with E-state index in [1.165, 1.54) is 12.1 Å². The Morgan fingerprint density at radius 2 is 1.90 bits per heavy atom. The monoisotopic (exact) mass is 286 g/mol. The summed E-state index contributed by atoms with van der Waals surface area (Å²) in [4.78, 5) is 0. The van der Waals surface area contributed by atoms with E-state index in [0.717, 1.165) is 5.56 Å². The molecule has 2 nitrogen and oxygen atoms in total. The second kappa shape index (κ2) is 6.47. The van der Waals surface area contributed by atoms with Crippen molar-refractivity contribution in [3.05, 3.63) is 70.3 Å². The van der Waals surface area contributed by atoms with Crippen LogP contribution in [0.25, 0.3) is 0 Å².